The van der Waals surface area contributed by atoms with Crippen LogP contribution in [-0.2, 0) is 14.3 Å². The minimum Gasteiger partial charge on any atom is -0.493 e. The molecular formula is C31H33F2N3O12. The summed E-state index contributed by atoms with van der Waals surface area (Å²) in [6.45, 7) is -0.498. The Hall–Kier alpha value is -4.71. The van der Waals surface area contributed by atoms with Crippen molar-refractivity contribution in [3.63, 3.8) is 0 Å². The smallest absolute Gasteiger partial charge is 0.351 e. The number of nitrogens with two attached hydrogens (primary N) is 1. The number of aliphatic hydroxyl groups is 3. The van der Waals surface area contributed by atoms with Crippen LogP contribution in [-0.4, -0.2) is 90.3 Å². The molecule has 2 aromatic carbocycles. The first-order chi connectivity index (χ1) is 22.9. The number of carbonyl (C=O) groups excluding carboxylic acids is 1. The molecule has 1 aliphatic carbocycles. The van der Waals surface area contributed by atoms with Crippen molar-refractivity contribution < 1.29 is 62.1 Å². The van der Waals surface area contributed by atoms with E-state index in [0.29, 0.717) is 38.9 Å². The fourth-order valence-corrected chi connectivity index (χ4v) is 6.54. The number of anilines is 1. The van der Waals surface area contributed by atoms with Crippen LogP contribution in [0.3, 0.4) is 0 Å². The molecule has 7 rings (SSSR count). The average molecular weight is 678 g/mol. The Morgan fingerprint density at radius 1 is 1.00 bits per heavy atom. The Kier molecular flexibility index (Phi) is 8.80. The molecular weight excluding hydrogens is 644 g/mol. The third-order valence-corrected chi connectivity index (χ3v) is 8.86. The van der Waals surface area contributed by atoms with E-state index >= 15 is 0 Å². The molecule has 258 valence electrons. The molecule has 0 bridgehead atoms. The van der Waals surface area contributed by atoms with Crippen molar-refractivity contribution in [3.05, 3.63) is 63.7 Å². The first kappa shape index (κ1) is 33.2. The Bertz CT molecular complexity index is 1750. The highest BCUT2D eigenvalue weighted by atomic mass is 19.3. The number of aliphatic hydroxyl groups excluding tert-OH is 3. The first-order valence-corrected chi connectivity index (χ1v) is 14.7. The molecule has 4 aliphatic rings. The Labute approximate surface area is 271 Å². The summed E-state index contributed by atoms with van der Waals surface area (Å²) in [5, 5.41) is 29.1. The van der Waals surface area contributed by atoms with Crippen molar-refractivity contribution in [3.8, 4) is 28.7 Å². The van der Waals surface area contributed by atoms with Crippen molar-refractivity contribution >= 4 is 11.8 Å². The summed E-state index contributed by atoms with van der Waals surface area (Å²) in [7, 11) is 4.63. The van der Waals surface area contributed by atoms with Crippen LogP contribution >= 0.6 is 0 Å². The lowest BCUT2D eigenvalue weighted by Crippen LogP contribution is -2.41. The minimum atomic E-state index is -3.71. The predicted octanol–water partition coefficient (Wildman–Crippen LogP) is 1.12. The van der Waals surface area contributed by atoms with Gasteiger partial charge in [-0.2, -0.15) is 13.8 Å². The Balaban J connectivity index is 0.000000191. The van der Waals surface area contributed by atoms with Gasteiger partial charge in [-0.25, -0.2) is 4.79 Å². The van der Waals surface area contributed by atoms with Crippen molar-refractivity contribution in [2.45, 2.75) is 36.4 Å². The third kappa shape index (κ3) is 5.41. The van der Waals surface area contributed by atoms with E-state index in [-0.39, 0.29) is 37.0 Å². The van der Waals surface area contributed by atoms with Crippen LogP contribution in [0.4, 0.5) is 14.6 Å². The largest absolute Gasteiger partial charge is 0.493 e. The molecule has 7 atom stereocenters. The van der Waals surface area contributed by atoms with Gasteiger partial charge in [0.25, 0.3) is 0 Å². The number of esters is 1. The van der Waals surface area contributed by atoms with Crippen LogP contribution in [0.1, 0.15) is 34.9 Å². The van der Waals surface area contributed by atoms with E-state index in [1.807, 2.05) is 18.2 Å². The van der Waals surface area contributed by atoms with Crippen molar-refractivity contribution in [1.29, 1.82) is 0 Å². The average Bonchev–Trinajstić information content (AvgIpc) is 3.76. The third-order valence-electron chi connectivity index (χ3n) is 8.86. The highest BCUT2D eigenvalue weighted by Gasteiger charge is 2.59. The number of aromatic nitrogens is 2. The molecule has 3 aromatic rings. The molecule has 15 nitrogen and oxygen atoms in total. The molecule has 1 unspecified atom stereocenters. The monoisotopic (exact) mass is 677 g/mol. The molecule has 0 spiro atoms. The van der Waals surface area contributed by atoms with Gasteiger partial charge in [0.05, 0.1) is 46.6 Å². The summed E-state index contributed by atoms with van der Waals surface area (Å²) in [5.41, 5.74) is 6.51. The van der Waals surface area contributed by atoms with Gasteiger partial charge >= 0.3 is 17.6 Å². The number of ether oxygens (including phenoxy) is 7. The lowest BCUT2D eigenvalue weighted by molar-refractivity contribution is -0.141. The summed E-state index contributed by atoms with van der Waals surface area (Å²) >= 11 is 0. The van der Waals surface area contributed by atoms with Gasteiger partial charge < -0.3 is 54.2 Å². The second kappa shape index (κ2) is 12.7. The second-order valence-corrected chi connectivity index (χ2v) is 11.4. The van der Waals surface area contributed by atoms with E-state index in [1.54, 1.807) is 20.3 Å². The predicted molar refractivity (Wildman–Crippen MR) is 158 cm³/mol. The second-order valence-electron chi connectivity index (χ2n) is 11.4. The van der Waals surface area contributed by atoms with Gasteiger partial charge in [0, 0.05) is 18.0 Å². The highest BCUT2D eigenvalue weighted by molar-refractivity contribution is 5.79. The quantitative estimate of drug-likeness (QED) is 0.270. The number of hydrogen-bond donors (Lipinski definition) is 4. The number of fused-ring (bicyclic) bond motifs is 3. The number of carbonyl (C=O) groups is 1. The molecule has 48 heavy (non-hydrogen) atoms. The maximum Gasteiger partial charge on any atom is 0.351 e. The van der Waals surface area contributed by atoms with Gasteiger partial charge in [0.1, 0.15) is 11.9 Å². The summed E-state index contributed by atoms with van der Waals surface area (Å²) in [6, 6.07) is 8.46. The Morgan fingerprint density at radius 3 is 2.21 bits per heavy atom. The number of nitrogen functional groups attached to an aromatic ring is 1. The van der Waals surface area contributed by atoms with E-state index in [1.165, 1.54) is 7.11 Å². The maximum absolute atomic E-state index is 13.7. The van der Waals surface area contributed by atoms with Crippen LogP contribution in [0.5, 0.6) is 28.7 Å². The summed E-state index contributed by atoms with van der Waals surface area (Å²) < 4.78 is 65.6. The number of nitrogens with zero attached hydrogens (tertiary/aromatic N) is 2. The van der Waals surface area contributed by atoms with Gasteiger partial charge in [0.2, 0.25) is 18.8 Å². The molecule has 0 amide bonds. The SMILES string of the molecule is COc1cc([C@@H]2c3cc4c(cc3[C@H](O)[C@H]3COC(=O)C23)OCO4)cc(OC)c1OC.Nc1ccn([C@@H]2O[C@H](CO)[C@@H](O)C2(F)F)c(=O)n1. The van der Waals surface area contributed by atoms with Gasteiger partial charge in [-0.1, -0.05) is 0 Å². The highest BCUT2D eigenvalue weighted by Crippen LogP contribution is 2.55. The molecule has 3 aliphatic heterocycles. The summed E-state index contributed by atoms with van der Waals surface area (Å²) in [5.74, 6) is -2.84. The van der Waals surface area contributed by atoms with Gasteiger partial charge in [-0.3, -0.25) is 9.36 Å². The van der Waals surface area contributed by atoms with Gasteiger partial charge in [0.15, 0.2) is 29.1 Å². The molecule has 17 heteroatoms. The van der Waals surface area contributed by atoms with Gasteiger partial charge in [-0.05, 0) is 47.0 Å². The van der Waals surface area contributed by atoms with Crippen LogP contribution < -0.4 is 35.1 Å². The summed E-state index contributed by atoms with van der Waals surface area (Å²) in [6.07, 6.45) is -5.53. The molecule has 0 saturated carbocycles. The van der Waals surface area contributed by atoms with Crippen molar-refractivity contribution in [2.24, 2.45) is 11.8 Å². The normalized spacial score (nSPS) is 27.7. The number of alkyl halides is 2. The zero-order chi connectivity index (χ0) is 34.5. The lowest BCUT2D eigenvalue weighted by atomic mass is 9.66. The van der Waals surface area contributed by atoms with E-state index < -0.39 is 48.7 Å². The van der Waals surface area contributed by atoms with Crippen LogP contribution in [0.15, 0.2) is 41.3 Å². The summed E-state index contributed by atoms with van der Waals surface area (Å²) in [4.78, 5) is 27.5. The van der Waals surface area contributed by atoms with E-state index in [2.05, 4.69) is 4.98 Å². The van der Waals surface area contributed by atoms with Crippen LogP contribution in [0, 0.1) is 11.8 Å². The minimum absolute atomic E-state index is 0.114. The molecule has 4 heterocycles. The van der Waals surface area contributed by atoms with Gasteiger partial charge in [-0.15, -0.1) is 0 Å². The number of benzene rings is 2. The maximum atomic E-state index is 13.7. The first-order valence-electron chi connectivity index (χ1n) is 14.7. The van der Waals surface area contributed by atoms with E-state index in [9.17, 15) is 28.6 Å². The van der Waals surface area contributed by atoms with Crippen LogP contribution in [0.25, 0.3) is 0 Å². The van der Waals surface area contributed by atoms with E-state index in [0.717, 1.165) is 23.4 Å². The Morgan fingerprint density at radius 2 is 1.65 bits per heavy atom. The van der Waals surface area contributed by atoms with Crippen molar-refractivity contribution in [2.75, 3.05) is 47.1 Å². The molecule has 1 aromatic heterocycles. The number of methoxy groups -OCH3 is 3. The molecule has 2 fully saturated rings. The number of rotatable bonds is 6. The lowest BCUT2D eigenvalue weighted by Gasteiger charge is -2.37. The fraction of sp³-hybridized carbons (Fsp3) is 0.452. The van der Waals surface area contributed by atoms with Crippen LogP contribution in [0.2, 0.25) is 0 Å². The zero-order valence-electron chi connectivity index (χ0n) is 25.9. The molecule has 5 N–H and O–H groups in total. The standard InChI is InChI=1S/C22H22O8.C9H11F2N3O4/c1-25-16-4-10(5-17(26-2)21(16)27-3)18-11-6-14-15(30-9-29-14)7-12(11)20(23)13-8-28-22(24)19(13)18;10-9(11)6(16)4(3-15)18-7(9)14-2-1-5(12)13-8(14)17/h4-7,13,18-20,23H,8-9H2,1-3H3;1-2,4,6-7,15-16H,3H2,(H2,12,13,17)/t13-,18+,19?,20-;4-,6-,7-/m01/s1. The number of halogens is 2. The van der Waals surface area contributed by atoms with E-state index in [4.69, 9.17) is 44.0 Å². The number of cyclic esters (lactones) is 1. The zero-order valence-corrected chi connectivity index (χ0v) is 25.9. The fourth-order valence-electron chi connectivity index (χ4n) is 6.54. The topological polar surface area (TPSA) is 203 Å². The van der Waals surface area contributed by atoms with Crippen molar-refractivity contribution in [1.82, 2.24) is 9.55 Å². The molecule has 2 saturated heterocycles. The number of hydrogen-bond acceptors (Lipinski definition) is 14. The molecule has 0 radical (unpaired) electrons.